The van der Waals surface area contributed by atoms with Crippen LogP contribution in [0.3, 0.4) is 0 Å². The van der Waals surface area contributed by atoms with Gasteiger partial charge in [0.05, 0.1) is 5.69 Å². The molecule has 2 aromatic carbocycles. The quantitative estimate of drug-likeness (QED) is 0.731. The lowest BCUT2D eigenvalue weighted by Crippen LogP contribution is -2.12. The Morgan fingerprint density at radius 3 is 2.60 bits per heavy atom. The van der Waals surface area contributed by atoms with Gasteiger partial charge in [0.1, 0.15) is 29.8 Å². The van der Waals surface area contributed by atoms with Crippen LogP contribution in [0, 0.1) is 18.6 Å². The molecule has 1 heterocycles. The van der Waals surface area contributed by atoms with Crippen LogP contribution < -0.4 is 10.1 Å². The van der Waals surface area contributed by atoms with Gasteiger partial charge < -0.3 is 14.5 Å². The Kier molecular flexibility index (Phi) is 4.79. The smallest absolute Gasteiger partial charge is 0.291 e. The van der Waals surface area contributed by atoms with Crippen molar-refractivity contribution in [2.24, 2.45) is 0 Å². The number of rotatable bonds is 5. The molecule has 1 aromatic heterocycles. The lowest BCUT2D eigenvalue weighted by Gasteiger charge is -2.05. The number of nitrogens with one attached hydrogen (secondary N) is 1. The van der Waals surface area contributed by atoms with Gasteiger partial charge in [-0.05, 0) is 43.3 Å². The third-order valence-electron chi connectivity index (χ3n) is 3.46. The van der Waals surface area contributed by atoms with E-state index in [1.807, 2.05) is 31.2 Å². The number of aryl methyl sites for hydroxylation is 1. The molecule has 0 aliphatic heterocycles. The zero-order chi connectivity index (χ0) is 17.8. The van der Waals surface area contributed by atoms with E-state index in [0.717, 1.165) is 23.8 Å². The van der Waals surface area contributed by atoms with Crippen LogP contribution in [-0.2, 0) is 6.61 Å². The first-order chi connectivity index (χ1) is 12.0. The summed E-state index contributed by atoms with van der Waals surface area (Å²) in [6.45, 7) is 2.12. The molecule has 6 heteroatoms. The van der Waals surface area contributed by atoms with Crippen molar-refractivity contribution in [2.75, 3.05) is 5.32 Å². The Hall–Kier alpha value is -3.15. The van der Waals surface area contributed by atoms with Gasteiger partial charge in [0.15, 0.2) is 5.76 Å². The van der Waals surface area contributed by atoms with E-state index in [9.17, 15) is 13.6 Å². The summed E-state index contributed by atoms with van der Waals surface area (Å²) < 4.78 is 37.6. The summed E-state index contributed by atoms with van der Waals surface area (Å²) in [6, 6.07) is 13.3. The third-order valence-corrected chi connectivity index (χ3v) is 3.46. The summed E-state index contributed by atoms with van der Waals surface area (Å²) >= 11 is 0. The molecule has 3 aromatic rings. The topological polar surface area (TPSA) is 51.5 Å². The zero-order valence-corrected chi connectivity index (χ0v) is 13.4. The second kappa shape index (κ2) is 7.17. The SMILES string of the molecule is Cc1ccc(OCc2ccc(C(=O)Nc3cc(F)ccc3F)o2)cc1. The molecule has 0 aliphatic carbocycles. The minimum absolute atomic E-state index is 0.0221. The fourth-order valence-electron chi connectivity index (χ4n) is 2.14. The molecule has 1 N–H and O–H groups in total. The highest BCUT2D eigenvalue weighted by molar-refractivity contribution is 6.02. The maximum Gasteiger partial charge on any atom is 0.291 e. The number of carbonyl (C=O) groups excluding carboxylic acids is 1. The molecule has 0 aliphatic rings. The molecule has 3 rings (SSSR count). The minimum atomic E-state index is -0.732. The van der Waals surface area contributed by atoms with Gasteiger partial charge in [0, 0.05) is 6.07 Å². The number of amides is 1. The number of hydrogen-bond acceptors (Lipinski definition) is 3. The zero-order valence-electron chi connectivity index (χ0n) is 13.4. The number of carbonyl (C=O) groups is 1. The molecule has 0 saturated heterocycles. The predicted molar refractivity (Wildman–Crippen MR) is 88.5 cm³/mol. The van der Waals surface area contributed by atoms with E-state index in [0.29, 0.717) is 11.5 Å². The second-order valence-corrected chi connectivity index (χ2v) is 5.45. The van der Waals surface area contributed by atoms with Crippen LogP contribution in [-0.4, -0.2) is 5.91 Å². The average Bonchev–Trinajstić information content (AvgIpc) is 3.07. The molecule has 1 amide bonds. The van der Waals surface area contributed by atoms with Gasteiger partial charge in [-0.1, -0.05) is 17.7 Å². The second-order valence-electron chi connectivity index (χ2n) is 5.45. The normalized spacial score (nSPS) is 10.5. The number of benzene rings is 2. The summed E-state index contributed by atoms with van der Waals surface area (Å²) in [6.07, 6.45) is 0. The Balaban J connectivity index is 1.63. The molecule has 4 nitrogen and oxygen atoms in total. The Morgan fingerprint density at radius 1 is 1.08 bits per heavy atom. The highest BCUT2D eigenvalue weighted by Gasteiger charge is 2.14. The average molecular weight is 343 g/mol. The van der Waals surface area contributed by atoms with E-state index >= 15 is 0 Å². The molecule has 0 fully saturated rings. The number of halogens is 2. The van der Waals surface area contributed by atoms with E-state index in [4.69, 9.17) is 9.15 Å². The summed E-state index contributed by atoms with van der Waals surface area (Å²) in [4.78, 5) is 12.1. The van der Waals surface area contributed by atoms with Crippen molar-refractivity contribution in [3.05, 3.63) is 83.3 Å². The van der Waals surface area contributed by atoms with E-state index in [-0.39, 0.29) is 18.1 Å². The first-order valence-corrected chi connectivity index (χ1v) is 7.56. The highest BCUT2D eigenvalue weighted by Crippen LogP contribution is 2.18. The van der Waals surface area contributed by atoms with Crippen molar-refractivity contribution in [3.63, 3.8) is 0 Å². The molecule has 0 unspecified atom stereocenters. The van der Waals surface area contributed by atoms with Crippen LogP contribution in [0.1, 0.15) is 21.9 Å². The Bertz CT molecular complexity index is 888. The van der Waals surface area contributed by atoms with E-state index in [1.165, 1.54) is 6.07 Å². The Morgan fingerprint density at radius 2 is 1.84 bits per heavy atom. The molecule has 0 atom stereocenters. The van der Waals surface area contributed by atoms with Crippen LogP contribution in [0.15, 0.2) is 59.0 Å². The van der Waals surface area contributed by atoms with Crippen LogP contribution in [0.25, 0.3) is 0 Å². The summed E-state index contributed by atoms with van der Waals surface area (Å²) in [5.41, 5.74) is 0.868. The monoisotopic (exact) mass is 343 g/mol. The lowest BCUT2D eigenvalue weighted by molar-refractivity contribution is 0.0992. The lowest BCUT2D eigenvalue weighted by atomic mass is 10.2. The van der Waals surface area contributed by atoms with Gasteiger partial charge in [0.2, 0.25) is 0 Å². The van der Waals surface area contributed by atoms with Gasteiger partial charge in [0.25, 0.3) is 5.91 Å². The van der Waals surface area contributed by atoms with Crippen molar-refractivity contribution in [1.82, 2.24) is 0 Å². The number of ether oxygens (including phenoxy) is 1. The molecular formula is C19H15F2NO3. The van der Waals surface area contributed by atoms with E-state index < -0.39 is 17.5 Å². The van der Waals surface area contributed by atoms with Gasteiger partial charge in [-0.2, -0.15) is 0 Å². The van der Waals surface area contributed by atoms with Gasteiger partial charge in [-0.15, -0.1) is 0 Å². The molecule has 0 spiro atoms. The van der Waals surface area contributed by atoms with Gasteiger partial charge >= 0.3 is 0 Å². The summed E-state index contributed by atoms with van der Waals surface area (Å²) in [5, 5.41) is 2.27. The van der Waals surface area contributed by atoms with Crippen molar-refractivity contribution in [3.8, 4) is 5.75 Å². The Labute approximate surface area is 143 Å². The van der Waals surface area contributed by atoms with E-state index in [2.05, 4.69) is 5.32 Å². The van der Waals surface area contributed by atoms with Crippen molar-refractivity contribution < 1.29 is 22.7 Å². The highest BCUT2D eigenvalue weighted by atomic mass is 19.1. The maximum absolute atomic E-state index is 13.6. The minimum Gasteiger partial charge on any atom is -0.486 e. The fraction of sp³-hybridized carbons (Fsp3) is 0.105. The standard InChI is InChI=1S/C19H15F2NO3/c1-12-2-5-14(6-3-12)24-11-15-7-9-18(25-15)19(23)22-17-10-13(20)4-8-16(17)21/h2-10H,11H2,1H3,(H,22,23). The molecule has 128 valence electrons. The first kappa shape index (κ1) is 16.7. The van der Waals surface area contributed by atoms with Gasteiger partial charge in [-0.25, -0.2) is 8.78 Å². The van der Waals surface area contributed by atoms with Crippen molar-refractivity contribution in [1.29, 1.82) is 0 Å². The van der Waals surface area contributed by atoms with E-state index in [1.54, 1.807) is 6.07 Å². The number of furan rings is 1. The molecule has 0 radical (unpaired) electrons. The molecule has 0 saturated carbocycles. The molecule has 0 bridgehead atoms. The number of anilines is 1. The van der Waals surface area contributed by atoms with Crippen molar-refractivity contribution in [2.45, 2.75) is 13.5 Å². The summed E-state index contributed by atoms with van der Waals surface area (Å²) in [5.74, 6) is -0.968. The largest absolute Gasteiger partial charge is 0.486 e. The van der Waals surface area contributed by atoms with Crippen LogP contribution in [0.2, 0.25) is 0 Å². The van der Waals surface area contributed by atoms with Gasteiger partial charge in [-0.3, -0.25) is 4.79 Å². The van der Waals surface area contributed by atoms with Crippen LogP contribution in [0.5, 0.6) is 5.75 Å². The molecular weight excluding hydrogens is 328 g/mol. The first-order valence-electron chi connectivity index (χ1n) is 7.56. The summed E-state index contributed by atoms with van der Waals surface area (Å²) in [7, 11) is 0. The van der Waals surface area contributed by atoms with Crippen LogP contribution in [0.4, 0.5) is 14.5 Å². The van der Waals surface area contributed by atoms with Crippen LogP contribution >= 0.6 is 0 Å². The fourth-order valence-corrected chi connectivity index (χ4v) is 2.14. The predicted octanol–water partition coefficient (Wildman–Crippen LogP) is 4.70. The van der Waals surface area contributed by atoms with Crippen molar-refractivity contribution >= 4 is 11.6 Å². The third kappa shape index (κ3) is 4.23. The number of hydrogen-bond donors (Lipinski definition) is 1. The maximum atomic E-state index is 13.6. The molecule has 25 heavy (non-hydrogen) atoms.